The monoisotopic (exact) mass is 384 g/mol. The molecule has 14 heteroatoms. The fraction of sp³-hybridized carbons (Fsp3) is 1.00. The van der Waals surface area contributed by atoms with Crippen molar-refractivity contribution in [2.45, 2.75) is 43.2 Å². The minimum Gasteiger partial charge on any atom is -0.326 e. The van der Waals surface area contributed by atoms with Gasteiger partial charge in [0.15, 0.2) is 0 Å². The third-order valence-electron chi connectivity index (χ3n) is 2.82. The van der Waals surface area contributed by atoms with Crippen molar-refractivity contribution in [2.75, 3.05) is 6.54 Å². The lowest BCUT2D eigenvalue weighted by atomic mass is 10.1. The van der Waals surface area contributed by atoms with E-state index in [4.69, 9.17) is 5.73 Å². The molecule has 4 nitrogen and oxygen atoms in total. The van der Waals surface area contributed by atoms with Gasteiger partial charge in [-0.1, -0.05) is 13.8 Å². The van der Waals surface area contributed by atoms with Crippen molar-refractivity contribution in [3.63, 3.8) is 0 Å². The fourth-order valence-electron chi connectivity index (χ4n) is 1.06. The summed E-state index contributed by atoms with van der Waals surface area (Å²) in [6, 6.07) is -1.17. The Morgan fingerprint density at radius 2 is 1.30 bits per heavy atom. The van der Waals surface area contributed by atoms with Gasteiger partial charge in [0.25, 0.3) is 10.0 Å². The van der Waals surface area contributed by atoms with Gasteiger partial charge in [0.1, 0.15) is 0 Å². The standard InChI is InChI=1S/C9H13F9N2O2S/c1-4(2)5(19)3-20-23(21,22)9(17,18)7(12,13)6(10,11)8(14,15)16/h4-5,20H,3,19H2,1-2H3/t5-/m0/s1. The van der Waals surface area contributed by atoms with E-state index in [1.807, 2.05) is 0 Å². The molecule has 0 aromatic carbocycles. The molecule has 0 rings (SSSR count). The Balaban J connectivity index is 5.69. The number of hydrogen-bond acceptors (Lipinski definition) is 3. The SMILES string of the molecule is CC(C)[C@@H](N)CNS(=O)(=O)C(F)(F)C(F)(F)C(F)(F)C(F)(F)F. The quantitative estimate of drug-likeness (QED) is 0.662. The van der Waals surface area contributed by atoms with Crippen LogP contribution in [0, 0.1) is 5.92 Å². The van der Waals surface area contributed by atoms with E-state index in [9.17, 15) is 47.9 Å². The maximum atomic E-state index is 13.2. The first-order chi connectivity index (χ1) is 9.83. The maximum absolute atomic E-state index is 13.2. The van der Waals surface area contributed by atoms with Crippen molar-refractivity contribution in [1.29, 1.82) is 0 Å². The van der Waals surface area contributed by atoms with Crippen molar-refractivity contribution < 1.29 is 47.9 Å². The number of nitrogens with one attached hydrogen (secondary N) is 1. The summed E-state index contributed by atoms with van der Waals surface area (Å²) in [5.74, 6) is -15.0. The molecule has 0 radical (unpaired) electrons. The summed E-state index contributed by atoms with van der Waals surface area (Å²) in [4.78, 5) is 0. The predicted octanol–water partition coefficient (Wildman–Crippen LogP) is 2.31. The molecule has 0 saturated carbocycles. The van der Waals surface area contributed by atoms with Crippen LogP contribution in [0.3, 0.4) is 0 Å². The number of hydrogen-bond donors (Lipinski definition) is 2. The molecule has 0 aromatic rings. The van der Waals surface area contributed by atoms with Gasteiger partial charge in [-0.3, -0.25) is 0 Å². The second-order valence-corrected chi connectivity index (χ2v) is 6.73. The summed E-state index contributed by atoms with van der Waals surface area (Å²) in [5.41, 5.74) is 5.24. The van der Waals surface area contributed by atoms with Gasteiger partial charge in [-0.25, -0.2) is 13.1 Å². The van der Waals surface area contributed by atoms with Crippen LogP contribution < -0.4 is 10.5 Å². The smallest absolute Gasteiger partial charge is 0.326 e. The molecule has 0 fully saturated rings. The molecule has 0 aromatic heterocycles. The highest BCUT2D eigenvalue weighted by Gasteiger charge is 2.85. The molecule has 0 bridgehead atoms. The summed E-state index contributed by atoms with van der Waals surface area (Å²) in [6.07, 6.45) is -7.09. The Labute approximate surface area is 125 Å². The highest BCUT2D eigenvalue weighted by atomic mass is 32.2. The van der Waals surface area contributed by atoms with E-state index in [0.29, 0.717) is 0 Å². The van der Waals surface area contributed by atoms with E-state index in [0.717, 1.165) is 4.72 Å². The molecule has 0 aliphatic heterocycles. The van der Waals surface area contributed by atoms with Crippen LogP contribution in [0.1, 0.15) is 13.8 Å². The summed E-state index contributed by atoms with van der Waals surface area (Å²) in [7, 11) is -6.58. The Hall–Kier alpha value is -0.760. The van der Waals surface area contributed by atoms with Gasteiger partial charge in [-0.15, -0.1) is 0 Å². The second kappa shape index (κ2) is 6.27. The Morgan fingerprint density at radius 3 is 1.61 bits per heavy atom. The third kappa shape index (κ3) is 3.84. The lowest BCUT2D eigenvalue weighted by molar-refractivity contribution is -0.382. The minimum atomic E-state index is -7.28. The van der Waals surface area contributed by atoms with Crippen molar-refractivity contribution in [3.8, 4) is 0 Å². The first kappa shape index (κ1) is 22.2. The van der Waals surface area contributed by atoms with Gasteiger partial charge in [-0.05, 0) is 5.92 Å². The summed E-state index contributed by atoms with van der Waals surface area (Å²) in [6.45, 7) is 1.72. The molecule has 0 unspecified atom stereocenters. The predicted molar refractivity (Wildman–Crippen MR) is 60.6 cm³/mol. The summed E-state index contributed by atoms with van der Waals surface area (Å²) < 4.78 is 136. The van der Waals surface area contributed by atoms with Crippen LogP contribution in [-0.2, 0) is 10.0 Å². The van der Waals surface area contributed by atoms with Crippen molar-refractivity contribution in [2.24, 2.45) is 11.7 Å². The lowest BCUT2D eigenvalue weighted by Gasteiger charge is -2.33. The lowest BCUT2D eigenvalue weighted by Crippen LogP contribution is -2.65. The Kier molecular flexibility index (Phi) is 6.07. The molecule has 140 valence electrons. The van der Waals surface area contributed by atoms with Gasteiger partial charge in [0.2, 0.25) is 0 Å². The zero-order chi connectivity index (χ0) is 19.1. The van der Waals surface area contributed by atoms with Gasteiger partial charge in [0.05, 0.1) is 0 Å². The van der Waals surface area contributed by atoms with Gasteiger partial charge in [0, 0.05) is 12.6 Å². The summed E-state index contributed by atoms with van der Waals surface area (Å²) >= 11 is 0. The van der Waals surface area contributed by atoms with Gasteiger partial charge in [-0.2, -0.15) is 39.5 Å². The average Bonchev–Trinajstić information content (AvgIpc) is 2.33. The van der Waals surface area contributed by atoms with Crippen molar-refractivity contribution in [3.05, 3.63) is 0 Å². The molecule has 0 aliphatic carbocycles. The molecule has 0 aliphatic rings. The number of halogens is 9. The topological polar surface area (TPSA) is 72.2 Å². The molecule has 1 atom stereocenters. The van der Waals surface area contributed by atoms with Crippen molar-refractivity contribution in [1.82, 2.24) is 4.72 Å². The van der Waals surface area contributed by atoms with E-state index in [-0.39, 0.29) is 0 Å². The Morgan fingerprint density at radius 1 is 0.913 bits per heavy atom. The van der Waals surface area contributed by atoms with Crippen LogP contribution in [0.25, 0.3) is 0 Å². The average molecular weight is 384 g/mol. The van der Waals surface area contributed by atoms with E-state index < -0.39 is 51.8 Å². The van der Waals surface area contributed by atoms with E-state index >= 15 is 0 Å². The van der Waals surface area contributed by atoms with Crippen LogP contribution in [0.5, 0.6) is 0 Å². The van der Waals surface area contributed by atoms with E-state index in [1.165, 1.54) is 13.8 Å². The van der Waals surface area contributed by atoms with Crippen LogP contribution in [0.2, 0.25) is 0 Å². The highest BCUT2D eigenvalue weighted by molar-refractivity contribution is 7.90. The number of alkyl halides is 9. The first-order valence-electron chi connectivity index (χ1n) is 5.78. The van der Waals surface area contributed by atoms with E-state index in [1.54, 1.807) is 0 Å². The molecule has 0 spiro atoms. The zero-order valence-corrected chi connectivity index (χ0v) is 12.4. The molecule has 3 N–H and O–H groups in total. The molecule has 0 heterocycles. The van der Waals surface area contributed by atoms with Crippen LogP contribution in [0.4, 0.5) is 39.5 Å². The number of rotatable bonds is 7. The molecule has 0 saturated heterocycles. The normalized spacial score (nSPS) is 16.7. The number of nitrogens with two attached hydrogens (primary N) is 1. The first-order valence-corrected chi connectivity index (χ1v) is 7.26. The zero-order valence-electron chi connectivity index (χ0n) is 11.6. The summed E-state index contributed by atoms with van der Waals surface area (Å²) in [5, 5.41) is -6.74. The fourth-order valence-corrected chi connectivity index (χ4v) is 2.12. The molecular formula is C9H13F9N2O2S. The Bertz CT molecular complexity index is 516. The minimum absolute atomic E-state index is 0.525. The van der Waals surface area contributed by atoms with E-state index in [2.05, 4.69) is 0 Å². The van der Waals surface area contributed by atoms with Gasteiger partial charge < -0.3 is 5.73 Å². The third-order valence-corrected chi connectivity index (χ3v) is 4.30. The molecule has 23 heavy (non-hydrogen) atoms. The maximum Gasteiger partial charge on any atom is 0.460 e. The van der Waals surface area contributed by atoms with Crippen LogP contribution in [0.15, 0.2) is 0 Å². The van der Waals surface area contributed by atoms with Crippen LogP contribution >= 0.6 is 0 Å². The van der Waals surface area contributed by atoms with Crippen molar-refractivity contribution >= 4 is 10.0 Å². The molecule has 0 amide bonds. The largest absolute Gasteiger partial charge is 0.460 e. The number of sulfonamides is 1. The molecular weight excluding hydrogens is 371 g/mol. The van der Waals surface area contributed by atoms with Crippen LogP contribution in [-0.4, -0.2) is 44.3 Å². The van der Waals surface area contributed by atoms with Gasteiger partial charge >= 0.3 is 23.3 Å². The second-order valence-electron chi connectivity index (χ2n) is 4.92. The highest BCUT2D eigenvalue weighted by Crippen LogP contribution is 2.54.